The van der Waals surface area contributed by atoms with Crippen LogP contribution in [0.15, 0.2) is 18.2 Å². The molecule has 0 aliphatic heterocycles. The van der Waals surface area contributed by atoms with E-state index in [9.17, 15) is 19.7 Å². The maximum absolute atomic E-state index is 12.4. The lowest BCUT2D eigenvalue weighted by Gasteiger charge is -2.30. The molecular weight excluding hydrogens is 340 g/mol. The molecule has 0 bridgehead atoms. The van der Waals surface area contributed by atoms with Crippen LogP contribution >= 0.6 is 0 Å². The fourth-order valence-electron chi connectivity index (χ4n) is 3.08. The van der Waals surface area contributed by atoms with Crippen LogP contribution in [0.1, 0.15) is 49.9 Å². The average Bonchev–Trinajstić information content (AvgIpc) is 2.62. The number of hydrogen-bond donors (Lipinski definition) is 1. The molecule has 0 unspecified atom stereocenters. The first kappa shape index (κ1) is 19.7. The van der Waals surface area contributed by atoms with Gasteiger partial charge in [0.25, 0.3) is 5.91 Å². The SMILES string of the molecule is COC(=O)c1ccc(O[C@H](C)C(=O)N[C@H]2CCCC[C@H]2C)c([N+](=O)[O-])c1. The minimum atomic E-state index is -0.896. The fourth-order valence-corrected chi connectivity index (χ4v) is 3.08. The van der Waals surface area contributed by atoms with Crippen molar-refractivity contribution in [3.63, 3.8) is 0 Å². The van der Waals surface area contributed by atoms with Crippen molar-refractivity contribution in [3.8, 4) is 5.75 Å². The van der Waals surface area contributed by atoms with Gasteiger partial charge in [0.05, 0.1) is 17.6 Å². The number of carbonyl (C=O) groups excluding carboxylic acids is 2. The predicted octanol–water partition coefficient (Wildman–Crippen LogP) is 2.84. The van der Waals surface area contributed by atoms with Gasteiger partial charge in [0.2, 0.25) is 0 Å². The van der Waals surface area contributed by atoms with E-state index in [2.05, 4.69) is 17.0 Å². The van der Waals surface area contributed by atoms with E-state index in [0.29, 0.717) is 5.92 Å². The van der Waals surface area contributed by atoms with Gasteiger partial charge in [-0.15, -0.1) is 0 Å². The number of amides is 1. The smallest absolute Gasteiger partial charge is 0.338 e. The predicted molar refractivity (Wildman–Crippen MR) is 94.1 cm³/mol. The third-order valence-electron chi connectivity index (χ3n) is 4.69. The van der Waals surface area contributed by atoms with E-state index in [4.69, 9.17) is 4.74 Å². The van der Waals surface area contributed by atoms with Gasteiger partial charge >= 0.3 is 11.7 Å². The van der Waals surface area contributed by atoms with Crippen molar-refractivity contribution < 1.29 is 24.0 Å². The van der Waals surface area contributed by atoms with Gasteiger partial charge < -0.3 is 14.8 Å². The van der Waals surface area contributed by atoms with Gasteiger partial charge in [-0.3, -0.25) is 14.9 Å². The fraction of sp³-hybridized carbons (Fsp3) is 0.556. The zero-order valence-electron chi connectivity index (χ0n) is 15.2. The molecule has 0 radical (unpaired) electrons. The van der Waals surface area contributed by atoms with Crippen molar-refractivity contribution in [2.75, 3.05) is 7.11 Å². The first-order valence-corrected chi connectivity index (χ1v) is 8.67. The third-order valence-corrected chi connectivity index (χ3v) is 4.69. The molecule has 0 heterocycles. The molecule has 1 fully saturated rings. The molecule has 142 valence electrons. The molecule has 1 amide bonds. The van der Waals surface area contributed by atoms with Crippen molar-refractivity contribution in [1.29, 1.82) is 0 Å². The molecule has 26 heavy (non-hydrogen) atoms. The Kier molecular flexibility index (Phi) is 6.54. The maximum Gasteiger partial charge on any atom is 0.338 e. The summed E-state index contributed by atoms with van der Waals surface area (Å²) in [4.78, 5) is 34.5. The second-order valence-electron chi connectivity index (χ2n) is 6.57. The van der Waals surface area contributed by atoms with Crippen LogP contribution in [0.3, 0.4) is 0 Å². The number of hydrogen-bond acceptors (Lipinski definition) is 6. The molecular formula is C18H24N2O6. The molecule has 3 atom stereocenters. The molecule has 1 saturated carbocycles. The number of nitrogens with one attached hydrogen (secondary N) is 1. The number of esters is 1. The van der Waals surface area contributed by atoms with Gasteiger partial charge in [-0.05, 0) is 37.8 Å². The van der Waals surface area contributed by atoms with E-state index in [1.807, 2.05) is 0 Å². The Bertz CT molecular complexity index is 690. The lowest BCUT2D eigenvalue weighted by molar-refractivity contribution is -0.386. The standard InChI is InChI=1S/C18H24N2O6/c1-11-6-4-5-7-14(11)19-17(21)12(2)26-16-9-8-13(18(22)25-3)10-15(16)20(23)24/h8-12,14H,4-7H2,1-3H3,(H,19,21)/t11-,12-,14+/m1/s1. The van der Waals surface area contributed by atoms with Crippen LogP contribution in [-0.4, -0.2) is 36.1 Å². The summed E-state index contributed by atoms with van der Waals surface area (Å²) in [5.74, 6) is -0.664. The minimum Gasteiger partial charge on any atom is -0.474 e. The Morgan fingerprint density at radius 2 is 2.00 bits per heavy atom. The lowest BCUT2D eigenvalue weighted by Crippen LogP contribution is -2.46. The van der Waals surface area contributed by atoms with Crippen molar-refractivity contribution in [1.82, 2.24) is 5.32 Å². The summed E-state index contributed by atoms with van der Waals surface area (Å²) >= 11 is 0. The van der Waals surface area contributed by atoms with Gasteiger partial charge in [-0.25, -0.2) is 4.79 Å². The lowest BCUT2D eigenvalue weighted by atomic mass is 9.86. The molecule has 1 aromatic carbocycles. The summed E-state index contributed by atoms with van der Waals surface area (Å²) in [6.07, 6.45) is 3.34. The number of nitrogens with zero attached hydrogens (tertiary/aromatic N) is 1. The van der Waals surface area contributed by atoms with E-state index in [0.717, 1.165) is 25.3 Å². The molecule has 2 rings (SSSR count). The molecule has 8 heteroatoms. The van der Waals surface area contributed by atoms with Crippen LogP contribution in [0.4, 0.5) is 5.69 Å². The number of methoxy groups -OCH3 is 1. The van der Waals surface area contributed by atoms with Crippen molar-refractivity contribution in [2.24, 2.45) is 5.92 Å². The number of nitro groups is 1. The van der Waals surface area contributed by atoms with Crippen molar-refractivity contribution in [2.45, 2.75) is 51.7 Å². The number of benzene rings is 1. The average molecular weight is 364 g/mol. The molecule has 1 N–H and O–H groups in total. The van der Waals surface area contributed by atoms with Crippen LogP contribution < -0.4 is 10.1 Å². The second-order valence-corrected chi connectivity index (χ2v) is 6.57. The number of carbonyl (C=O) groups is 2. The normalized spacial score (nSPS) is 20.7. The zero-order valence-corrected chi connectivity index (χ0v) is 15.2. The molecule has 8 nitrogen and oxygen atoms in total. The Balaban J connectivity index is 2.09. The quantitative estimate of drug-likeness (QED) is 0.472. The monoisotopic (exact) mass is 364 g/mol. The Morgan fingerprint density at radius 1 is 1.31 bits per heavy atom. The van der Waals surface area contributed by atoms with Gasteiger partial charge in [0, 0.05) is 12.1 Å². The zero-order chi connectivity index (χ0) is 19.3. The summed E-state index contributed by atoms with van der Waals surface area (Å²) in [6.45, 7) is 3.65. The van der Waals surface area contributed by atoms with Crippen LogP contribution in [0.5, 0.6) is 5.75 Å². The molecule has 0 saturated heterocycles. The molecule has 1 aliphatic carbocycles. The summed E-state index contributed by atoms with van der Waals surface area (Å²) in [5, 5.41) is 14.2. The number of rotatable bonds is 6. The second kappa shape index (κ2) is 8.64. The molecule has 0 aromatic heterocycles. The molecule has 1 aromatic rings. The Morgan fingerprint density at radius 3 is 2.62 bits per heavy atom. The van der Waals surface area contributed by atoms with Crippen LogP contribution in [0.2, 0.25) is 0 Å². The van der Waals surface area contributed by atoms with Crippen LogP contribution in [0, 0.1) is 16.0 Å². The van der Waals surface area contributed by atoms with Crippen LogP contribution in [0.25, 0.3) is 0 Å². The Labute approximate surface area is 152 Å². The summed E-state index contributed by atoms with van der Waals surface area (Å²) in [5.41, 5.74) is -0.349. The van der Waals surface area contributed by atoms with Gasteiger partial charge in [0.1, 0.15) is 0 Å². The Hall–Kier alpha value is -2.64. The number of nitro benzene ring substituents is 1. The van der Waals surface area contributed by atoms with Crippen LogP contribution in [-0.2, 0) is 9.53 Å². The van der Waals surface area contributed by atoms with Crippen molar-refractivity contribution in [3.05, 3.63) is 33.9 Å². The van der Waals surface area contributed by atoms with Gasteiger partial charge in [-0.2, -0.15) is 0 Å². The highest BCUT2D eigenvalue weighted by Crippen LogP contribution is 2.29. The highest BCUT2D eigenvalue weighted by molar-refractivity contribution is 5.90. The highest BCUT2D eigenvalue weighted by Gasteiger charge is 2.27. The number of ether oxygens (including phenoxy) is 2. The van der Waals surface area contributed by atoms with E-state index in [-0.39, 0.29) is 23.3 Å². The third kappa shape index (κ3) is 4.71. The summed E-state index contributed by atoms with van der Waals surface area (Å²) < 4.78 is 10.1. The molecule has 1 aliphatic rings. The van der Waals surface area contributed by atoms with Gasteiger partial charge in [0.15, 0.2) is 11.9 Å². The maximum atomic E-state index is 12.4. The summed E-state index contributed by atoms with van der Waals surface area (Å²) in [6, 6.07) is 3.84. The molecule has 0 spiro atoms. The van der Waals surface area contributed by atoms with E-state index < -0.39 is 22.7 Å². The first-order valence-electron chi connectivity index (χ1n) is 8.67. The first-order chi connectivity index (χ1) is 12.3. The highest BCUT2D eigenvalue weighted by atomic mass is 16.6. The largest absolute Gasteiger partial charge is 0.474 e. The van der Waals surface area contributed by atoms with E-state index in [1.165, 1.54) is 25.7 Å². The van der Waals surface area contributed by atoms with E-state index >= 15 is 0 Å². The van der Waals surface area contributed by atoms with Crippen molar-refractivity contribution >= 4 is 17.6 Å². The minimum absolute atomic E-state index is 0.0414. The van der Waals surface area contributed by atoms with Gasteiger partial charge in [-0.1, -0.05) is 19.8 Å². The summed E-state index contributed by atoms with van der Waals surface area (Å²) in [7, 11) is 1.19. The topological polar surface area (TPSA) is 108 Å². The van der Waals surface area contributed by atoms with E-state index in [1.54, 1.807) is 6.92 Å².